The Bertz CT molecular complexity index is 1230. The molecule has 0 radical (unpaired) electrons. The van der Waals surface area contributed by atoms with Crippen molar-refractivity contribution in [1.82, 2.24) is 19.8 Å². The Morgan fingerprint density at radius 3 is 2.78 bits per heavy atom. The summed E-state index contributed by atoms with van der Waals surface area (Å²) in [6.45, 7) is 7.41. The number of nitrogens with zero attached hydrogens (tertiary/aromatic N) is 3. The standard InChI is InChI=1S/C31H45ClN4O4S/c1-17-11-22(28-27(33-17)24(14-41-28)30(38)39)21-12-19(32)3-6-26(21)40-10-9-36-18(2)34-25-7-8-31(13-23(25)29(36)37)15-35(16-31)20-4-5-20/h17,19-22,24,26-28,33H,3-16H2,1-2H3,(H,38,39). The fourth-order valence-corrected chi connectivity index (χ4v) is 11.1. The summed E-state index contributed by atoms with van der Waals surface area (Å²) in [5.74, 6) is 1.10. The number of ether oxygens (including phenoxy) is 1. The van der Waals surface area contributed by atoms with Crippen LogP contribution in [0.2, 0.25) is 0 Å². The van der Waals surface area contributed by atoms with Gasteiger partial charge in [-0.1, -0.05) is 0 Å². The van der Waals surface area contributed by atoms with Crippen LogP contribution >= 0.6 is 23.4 Å². The number of nitrogens with one attached hydrogen (secondary N) is 1. The van der Waals surface area contributed by atoms with Crippen LogP contribution in [0.5, 0.6) is 0 Å². The van der Waals surface area contributed by atoms with Crippen LogP contribution in [0.3, 0.4) is 0 Å². The number of aliphatic carboxylic acids is 1. The number of likely N-dealkylation sites (tertiary alicyclic amines) is 1. The van der Waals surface area contributed by atoms with Crippen LogP contribution < -0.4 is 10.9 Å². The number of carboxylic acid groups (broad SMARTS) is 1. The van der Waals surface area contributed by atoms with E-state index in [9.17, 15) is 14.7 Å². The van der Waals surface area contributed by atoms with Gasteiger partial charge in [-0.2, -0.15) is 11.8 Å². The summed E-state index contributed by atoms with van der Waals surface area (Å²) in [6.07, 6.45) is 9.47. The summed E-state index contributed by atoms with van der Waals surface area (Å²) >= 11 is 8.55. The lowest BCUT2D eigenvalue weighted by Crippen LogP contribution is -2.60. The third-order valence-electron chi connectivity index (χ3n) is 11.2. The summed E-state index contributed by atoms with van der Waals surface area (Å²) in [7, 11) is 0. The molecule has 1 aromatic rings. The van der Waals surface area contributed by atoms with E-state index >= 15 is 0 Å². The van der Waals surface area contributed by atoms with Crippen LogP contribution in [0.4, 0.5) is 0 Å². The highest BCUT2D eigenvalue weighted by Gasteiger charge is 2.52. The molecule has 10 heteroatoms. The SMILES string of the molecule is Cc1nc2c(c(=O)n1CCOC1CCC(Cl)CC1C1CC(C)NC3C(C(=O)O)CSC13)CC1(CC2)CN(C2CC2)C1. The zero-order chi connectivity index (χ0) is 28.5. The molecule has 0 aromatic carbocycles. The van der Waals surface area contributed by atoms with Crippen molar-refractivity contribution in [2.24, 2.45) is 23.2 Å². The van der Waals surface area contributed by atoms with E-state index in [0.29, 0.717) is 30.7 Å². The number of piperidine rings is 1. The first-order valence-corrected chi connectivity index (χ1v) is 17.4. The lowest BCUT2D eigenvalue weighted by atomic mass is 9.67. The summed E-state index contributed by atoms with van der Waals surface area (Å²) in [4.78, 5) is 33.2. The van der Waals surface area contributed by atoms with Crippen LogP contribution in [0.25, 0.3) is 0 Å². The van der Waals surface area contributed by atoms with Gasteiger partial charge < -0.3 is 15.2 Å². The molecule has 1 aromatic heterocycles. The normalized spacial score (nSPS) is 38.3. The van der Waals surface area contributed by atoms with Gasteiger partial charge in [0, 0.05) is 58.6 Å². The Balaban J connectivity index is 1.03. The molecule has 3 saturated heterocycles. The number of carboxylic acids is 1. The molecule has 2 saturated carbocycles. The second-order valence-corrected chi connectivity index (χ2v) is 15.9. The second kappa shape index (κ2) is 11.1. The number of aromatic nitrogens is 2. The number of hydrogen-bond donors (Lipinski definition) is 2. The van der Waals surface area contributed by atoms with Crippen molar-refractivity contribution in [1.29, 1.82) is 0 Å². The molecule has 6 aliphatic rings. The number of fused-ring (bicyclic) bond motifs is 2. The highest BCUT2D eigenvalue weighted by Crippen LogP contribution is 2.49. The van der Waals surface area contributed by atoms with Gasteiger partial charge in [-0.15, -0.1) is 11.6 Å². The molecule has 8 atom stereocenters. The van der Waals surface area contributed by atoms with Gasteiger partial charge in [0.15, 0.2) is 0 Å². The number of hydrogen-bond acceptors (Lipinski definition) is 7. The topological polar surface area (TPSA) is 96.7 Å². The number of alkyl halides is 1. The minimum Gasteiger partial charge on any atom is -0.481 e. The first kappa shape index (κ1) is 28.6. The van der Waals surface area contributed by atoms with E-state index in [2.05, 4.69) is 17.1 Å². The minimum absolute atomic E-state index is 0.000661. The number of halogens is 1. The predicted molar refractivity (Wildman–Crippen MR) is 161 cm³/mol. The van der Waals surface area contributed by atoms with Crippen molar-refractivity contribution in [2.45, 2.75) is 113 Å². The smallest absolute Gasteiger partial charge is 0.308 e. The van der Waals surface area contributed by atoms with Crippen molar-refractivity contribution in [3.63, 3.8) is 0 Å². The first-order chi connectivity index (χ1) is 19.7. The first-order valence-electron chi connectivity index (χ1n) is 15.9. The molecule has 226 valence electrons. The van der Waals surface area contributed by atoms with Crippen molar-refractivity contribution >= 4 is 29.3 Å². The van der Waals surface area contributed by atoms with Crippen LogP contribution in [0, 0.1) is 30.1 Å². The number of carbonyl (C=O) groups is 1. The van der Waals surface area contributed by atoms with E-state index in [-0.39, 0.29) is 45.7 Å². The van der Waals surface area contributed by atoms with Crippen molar-refractivity contribution in [2.75, 3.05) is 25.4 Å². The molecule has 0 amide bonds. The van der Waals surface area contributed by atoms with Crippen LogP contribution in [0.1, 0.15) is 69.0 Å². The van der Waals surface area contributed by atoms with Crippen LogP contribution in [-0.4, -0.2) is 85.8 Å². The molecule has 1 spiro atoms. The highest BCUT2D eigenvalue weighted by atomic mass is 35.5. The molecular formula is C31H45ClN4O4S. The van der Waals surface area contributed by atoms with E-state index in [1.807, 2.05) is 23.3 Å². The molecule has 8 unspecified atom stereocenters. The van der Waals surface area contributed by atoms with Crippen molar-refractivity contribution in [3.8, 4) is 0 Å². The number of aryl methyl sites for hydroxylation is 2. The molecule has 7 rings (SSSR count). The second-order valence-electron chi connectivity index (χ2n) is 14.1. The van der Waals surface area contributed by atoms with Gasteiger partial charge in [0.1, 0.15) is 5.82 Å². The molecular weight excluding hydrogens is 560 g/mol. The zero-order valence-electron chi connectivity index (χ0n) is 24.4. The Hall–Kier alpha value is -1.13. The quantitative estimate of drug-likeness (QED) is 0.457. The van der Waals surface area contributed by atoms with E-state index in [4.69, 9.17) is 21.3 Å². The third kappa shape index (κ3) is 5.41. The van der Waals surface area contributed by atoms with E-state index < -0.39 is 5.97 Å². The maximum atomic E-state index is 13.8. The van der Waals surface area contributed by atoms with Gasteiger partial charge in [-0.25, -0.2) is 4.98 Å². The summed E-state index contributed by atoms with van der Waals surface area (Å²) in [5.41, 5.74) is 2.37. The third-order valence-corrected chi connectivity index (χ3v) is 13.2. The van der Waals surface area contributed by atoms with Gasteiger partial charge in [0.05, 0.1) is 30.9 Å². The Kier molecular flexibility index (Phi) is 7.75. The Morgan fingerprint density at radius 1 is 1.22 bits per heavy atom. The fourth-order valence-electron chi connectivity index (χ4n) is 8.95. The van der Waals surface area contributed by atoms with E-state index in [0.717, 1.165) is 81.2 Å². The Morgan fingerprint density at radius 2 is 2.02 bits per heavy atom. The van der Waals surface area contributed by atoms with Gasteiger partial charge >= 0.3 is 5.97 Å². The molecule has 0 bridgehead atoms. The molecule has 3 aliphatic heterocycles. The maximum absolute atomic E-state index is 13.8. The highest BCUT2D eigenvalue weighted by molar-refractivity contribution is 8.00. The van der Waals surface area contributed by atoms with Gasteiger partial charge in [0.25, 0.3) is 5.56 Å². The molecule has 8 nitrogen and oxygen atoms in total. The molecule has 2 N–H and O–H groups in total. The fraction of sp³-hybridized carbons (Fsp3) is 0.839. The van der Waals surface area contributed by atoms with Gasteiger partial charge in [-0.05, 0) is 83.5 Å². The molecule has 4 heterocycles. The zero-order valence-corrected chi connectivity index (χ0v) is 26.0. The average molecular weight is 605 g/mol. The summed E-state index contributed by atoms with van der Waals surface area (Å²) in [6, 6.07) is 1.08. The van der Waals surface area contributed by atoms with Gasteiger partial charge in [-0.3, -0.25) is 19.1 Å². The minimum atomic E-state index is -0.694. The van der Waals surface area contributed by atoms with E-state index in [1.165, 1.54) is 12.8 Å². The summed E-state index contributed by atoms with van der Waals surface area (Å²) in [5, 5.41) is 13.8. The van der Waals surface area contributed by atoms with Crippen molar-refractivity contribution in [3.05, 3.63) is 27.4 Å². The molecule has 3 aliphatic carbocycles. The van der Waals surface area contributed by atoms with Crippen LogP contribution in [-0.2, 0) is 28.9 Å². The molecule has 5 fully saturated rings. The van der Waals surface area contributed by atoms with Crippen LogP contribution in [0.15, 0.2) is 4.79 Å². The van der Waals surface area contributed by atoms with Gasteiger partial charge in [0.2, 0.25) is 0 Å². The Labute approximate surface area is 252 Å². The average Bonchev–Trinajstić information content (AvgIpc) is 3.67. The predicted octanol–water partition coefficient (Wildman–Crippen LogP) is 3.48. The lowest BCUT2D eigenvalue weighted by Gasteiger charge is -2.52. The summed E-state index contributed by atoms with van der Waals surface area (Å²) < 4.78 is 8.49. The van der Waals surface area contributed by atoms with Crippen molar-refractivity contribution < 1.29 is 14.6 Å². The monoisotopic (exact) mass is 604 g/mol. The van der Waals surface area contributed by atoms with E-state index in [1.54, 1.807) is 0 Å². The number of rotatable bonds is 7. The molecule has 41 heavy (non-hydrogen) atoms. The number of thioether (sulfide) groups is 1. The maximum Gasteiger partial charge on any atom is 0.308 e. The largest absolute Gasteiger partial charge is 0.481 e. The lowest BCUT2D eigenvalue weighted by molar-refractivity contribution is -0.142.